The van der Waals surface area contributed by atoms with Crippen molar-refractivity contribution < 1.29 is 19.1 Å². The van der Waals surface area contributed by atoms with Crippen LogP contribution in [0, 0.1) is 0 Å². The van der Waals surface area contributed by atoms with E-state index in [1.165, 1.54) is 7.11 Å². The fraction of sp³-hybridized carbons (Fsp3) is 0.429. The first-order chi connectivity index (χ1) is 9.65. The van der Waals surface area contributed by atoms with Crippen molar-refractivity contribution >= 4 is 11.7 Å². The van der Waals surface area contributed by atoms with E-state index in [2.05, 4.69) is 0 Å². The minimum atomic E-state index is -0.817. The van der Waals surface area contributed by atoms with E-state index in [0.717, 1.165) is 24.0 Å². The number of nitrogens with one attached hydrogen (secondary N) is 1. The van der Waals surface area contributed by atoms with Gasteiger partial charge in [0.2, 0.25) is 6.10 Å². The van der Waals surface area contributed by atoms with Crippen molar-refractivity contribution in [3.05, 3.63) is 29.3 Å². The number of hydrogen-bond acceptors (Lipinski definition) is 5. The molecule has 108 valence electrons. The molecule has 0 bridgehead atoms. The van der Waals surface area contributed by atoms with Crippen LogP contribution in [0.3, 0.4) is 0 Å². The van der Waals surface area contributed by atoms with Gasteiger partial charge in [0.25, 0.3) is 5.91 Å². The average Bonchev–Trinajstić information content (AvgIpc) is 2.46. The Morgan fingerprint density at radius 2 is 2.25 bits per heavy atom. The lowest BCUT2D eigenvalue weighted by Crippen LogP contribution is -2.44. The van der Waals surface area contributed by atoms with E-state index in [4.69, 9.17) is 15.3 Å². The Labute approximate surface area is 117 Å². The maximum Gasteiger partial charge on any atom is 0.277 e. The molecule has 6 heteroatoms. The molecule has 0 aromatic heterocycles. The van der Waals surface area contributed by atoms with Crippen molar-refractivity contribution in [1.82, 2.24) is 5.43 Å². The zero-order valence-electron chi connectivity index (χ0n) is 11.3. The highest BCUT2D eigenvalue weighted by Gasteiger charge is 2.21. The number of Topliss-reactive ketones (excluding diaryl/α,β-unsaturated/α-hetero) is 1. The summed E-state index contributed by atoms with van der Waals surface area (Å²) in [7, 11) is 1.48. The number of hydrazine groups is 1. The van der Waals surface area contributed by atoms with E-state index < -0.39 is 12.0 Å². The predicted molar refractivity (Wildman–Crippen MR) is 72.3 cm³/mol. The van der Waals surface area contributed by atoms with Crippen LogP contribution in [0.5, 0.6) is 5.75 Å². The van der Waals surface area contributed by atoms with E-state index >= 15 is 0 Å². The zero-order chi connectivity index (χ0) is 14.5. The number of ether oxygens (including phenoxy) is 2. The fourth-order valence-corrected chi connectivity index (χ4v) is 2.27. The molecule has 6 nitrogen and oxygen atoms in total. The van der Waals surface area contributed by atoms with E-state index in [-0.39, 0.29) is 12.4 Å². The molecule has 0 aliphatic heterocycles. The molecule has 1 aromatic carbocycles. The van der Waals surface area contributed by atoms with Gasteiger partial charge in [0.05, 0.1) is 6.61 Å². The van der Waals surface area contributed by atoms with Gasteiger partial charge in [0.1, 0.15) is 5.75 Å². The number of benzene rings is 1. The van der Waals surface area contributed by atoms with E-state index in [0.29, 0.717) is 12.2 Å². The number of aryl methyl sites for hydroxylation is 1. The van der Waals surface area contributed by atoms with Gasteiger partial charge in [-0.25, -0.2) is 5.84 Å². The van der Waals surface area contributed by atoms with Gasteiger partial charge in [-0.3, -0.25) is 15.0 Å². The van der Waals surface area contributed by atoms with Crippen LogP contribution < -0.4 is 16.0 Å². The Bertz CT molecular complexity index is 516. The number of carbonyl (C=O) groups excluding carboxylic acids is 2. The number of carbonyl (C=O) groups is 2. The quantitative estimate of drug-likeness (QED) is 0.467. The smallest absolute Gasteiger partial charge is 0.277 e. The number of nitrogens with two attached hydrogens (primary N) is 1. The zero-order valence-corrected chi connectivity index (χ0v) is 11.3. The number of methoxy groups -OCH3 is 1. The highest BCUT2D eigenvalue weighted by atomic mass is 16.5. The van der Waals surface area contributed by atoms with Gasteiger partial charge in [-0.05, 0) is 36.6 Å². The second-order valence-corrected chi connectivity index (χ2v) is 4.67. The number of fused-ring (bicyclic) bond motifs is 1. The SMILES string of the molecule is COCC(Oc1ccc2c(c1)CCCC2=O)C(=O)NN. The first-order valence-corrected chi connectivity index (χ1v) is 6.48. The van der Waals surface area contributed by atoms with Gasteiger partial charge in [-0.2, -0.15) is 0 Å². The molecule has 0 fully saturated rings. The highest BCUT2D eigenvalue weighted by Crippen LogP contribution is 2.26. The molecule has 0 spiro atoms. The molecule has 1 amide bonds. The minimum absolute atomic E-state index is 0.0963. The van der Waals surface area contributed by atoms with Gasteiger partial charge in [0, 0.05) is 19.1 Å². The van der Waals surface area contributed by atoms with Crippen molar-refractivity contribution in [2.75, 3.05) is 13.7 Å². The second-order valence-electron chi connectivity index (χ2n) is 4.67. The van der Waals surface area contributed by atoms with Crippen molar-refractivity contribution in [2.24, 2.45) is 5.84 Å². The lowest BCUT2D eigenvalue weighted by Gasteiger charge is -2.19. The van der Waals surface area contributed by atoms with Crippen molar-refractivity contribution in [3.8, 4) is 5.75 Å². The predicted octanol–water partition coefficient (Wildman–Crippen LogP) is 0.589. The average molecular weight is 278 g/mol. The van der Waals surface area contributed by atoms with Gasteiger partial charge < -0.3 is 9.47 Å². The lowest BCUT2D eigenvalue weighted by molar-refractivity contribution is -0.130. The second kappa shape index (κ2) is 6.49. The maximum atomic E-state index is 11.7. The molecule has 1 aliphatic carbocycles. The molecule has 3 N–H and O–H groups in total. The summed E-state index contributed by atoms with van der Waals surface area (Å²) >= 11 is 0. The third kappa shape index (κ3) is 3.15. The monoisotopic (exact) mass is 278 g/mol. The Morgan fingerprint density at radius 3 is 2.95 bits per heavy atom. The summed E-state index contributed by atoms with van der Waals surface area (Å²) in [6, 6.07) is 5.24. The summed E-state index contributed by atoms with van der Waals surface area (Å²) in [5.74, 6) is 5.34. The molecular formula is C14H18N2O4. The number of rotatable bonds is 5. The first kappa shape index (κ1) is 14.5. The van der Waals surface area contributed by atoms with Crippen molar-refractivity contribution in [2.45, 2.75) is 25.4 Å². The minimum Gasteiger partial charge on any atom is -0.478 e. The molecule has 1 unspecified atom stereocenters. The normalized spacial score (nSPS) is 15.4. The van der Waals surface area contributed by atoms with Crippen LogP contribution in [-0.2, 0) is 16.0 Å². The topological polar surface area (TPSA) is 90.6 Å². The van der Waals surface area contributed by atoms with Crippen LogP contribution in [-0.4, -0.2) is 31.5 Å². The van der Waals surface area contributed by atoms with Gasteiger partial charge in [-0.1, -0.05) is 0 Å². The number of ketones is 1. The highest BCUT2D eigenvalue weighted by molar-refractivity contribution is 5.98. The standard InChI is InChI=1S/C14H18N2O4/c1-19-8-13(14(18)16-15)20-10-5-6-11-9(7-10)3-2-4-12(11)17/h5-7,13H,2-4,8,15H2,1H3,(H,16,18). The molecule has 1 atom stereocenters. The molecule has 20 heavy (non-hydrogen) atoms. The number of amides is 1. The Morgan fingerprint density at radius 1 is 1.45 bits per heavy atom. The maximum absolute atomic E-state index is 11.7. The molecular weight excluding hydrogens is 260 g/mol. The third-order valence-corrected chi connectivity index (χ3v) is 3.26. The molecule has 2 rings (SSSR count). The first-order valence-electron chi connectivity index (χ1n) is 6.48. The summed E-state index contributed by atoms with van der Waals surface area (Å²) < 4.78 is 10.5. The summed E-state index contributed by atoms with van der Waals surface area (Å²) in [6.45, 7) is 0.0963. The van der Waals surface area contributed by atoms with E-state index in [1.807, 2.05) is 5.43 Å². The lowest BCUT2D eigenvalue weighted by atomic mass is 9.90. The fourth-order valence-electron chi connectivity index (χ4n) is 2.27. The molecule has 0 radical (unpaired) electrons. The van der Waals surface area contributed by atoms with Crippen LogP contribution in [0.1, 0.15) is 28.8 Å². The largest absolute Gasteiger partial charge is 0.478 e. The molecule has 1 aromatic rings. The van der Waals surface area contributed by atoms with E-state index in [1.54, 1.807) is 18.2 Å². The van der Waals surface area contributed by atoms with Gasteiger partial charge >= 0.3 is 0 Å². The van der Waals surface area contributed by atoms with Crippen molar-refractivity contribution in [3.63, 3.8) is 0 Å². The molecule has 0 saturated carbocycles. The third-order valence-electron chi connectivity index (χ3n) is 3.26. The number of hydrogen-bond donors (Lipinski definition) is 2. The Balaban J connectivity index is 2.16. The van der Waals surface area contributed by atoms with E-state index in [9.17, 15) is 9.59 Å². The Hall–Kier alpha value is -1.92. The van der Waals surface area contributed by atoms with Crippen LogP contribution in [0.15, 0.2) is 18.2 Å². The van der Waals surface area contributed by atoms with Crippen LogP contribution in [0.25, 0.3) is 0 Å². The van der Waals surface area contributed by atoms with Crippen LogP contribution in [0.2, 0.25) is 0 Å². The van der Waals surface area contributed by atoms with Crippen molar-refractivity contribution in [1.29, 1.82) is 0 Å². The van der Waals surface area contributed by atoms with Gasteiger partial charge in [0.15, 0.2) is 5.78 Å². The summed E-state index contributed by atoms with van der Waals surface area (Å²) in [4.78, 5) is 23.3. The molecule has 0 saturated heterocycles. The van der Waals surface area contributed by atoms with Gasteiger partial charge in [-0.15, -0.1) is 0 Å². The summed E-state index contributed by atoms with van der Waals surface area (Å²) in [6.07, 6.45) is 1.47. The molecule has 0 heterocycles. The van der Waals surface area contributed by atoms with Crippen LogP contribution >= 0.6 is 0 Å². The summed E-state index contributed by atoms with van der Waals surface area (Å²) in [5, 5.41) is 0. The Kier molecular flexibility index (Phi) is 4.70. The van der Waals surface area contributed by atoms with Crippen LogP contribution in [0.4, 0.5) is 0 Å². The molecule has 1 aliphatic rings. The summed E-state index contributed by atoms with van der Waals surface area (Å²) in [5.41, 5.74) is 3.75.